The molecule has 1 fully saturated rings. The molecule has 1 heterocycles. The monoisotopic (exact) mass is 500 g/mol. The number of benzene rings is 2. The molecule has 0 saturated carbocycles. The second-order valence-electron chi connectivity index (χ2n) is 8.30. The normalized spacial score (nSPS) is 14.0. The van der Waals surface area contributed by atoms with Crippen LogP contribution in [0.3, 0.4) is 0 Å². The molecule has 0 radical (unpaired) electrons. The molecule has 1 aliphatic rings. The van der Waals surface area contributed by atoms with Crippen molar-refractivity contribution in [3.8, 4) is 5.75 Å². The Balaban J connectivity index is 1.60. The molecule has 0 atom stereocenters. The summed E-state index contributed by atoms with van der Waals surface area (Å²) in [6.07, 6.45) is 9.06. The smallest absolute Gasteiger partial charge is 0.255 e. The lowest BCUT2D eigenvalue weighted by Crippen LogP contribution is -2.31. The van der Waals surface area contributed by atoms with Crippen molar-refractivity contribution in [3.63, 3.8) is 0 Å². The first-order valence-corrected chi connectivity index (χ1v) is 12.5. The average Bonchev–Trinajstić information content (AvgIpc) is 3.09. The van der Waals surface area contributed by atoms with Gasteiger partial charge in [-0.3, -0.25) is 9.59 Å². The van der Waals surface area contributed by atoms with Gasteiger partial charge in [0.05, 0.1) is 11.1 Å². The van der Waals surface area contributed by atoms with Gasteiger partial charge in [0.2, 0.25) is 0 Å². The van der Waals surface area contributed by atoms with Gasteiger partial charge in [-0.2, -0.15) is 0 Å². The Labute approximate surface area is 199 Å². The third kappa shape index (κ3) is 7.09. The first-order chi connectivity index (χ1) is 15.6. The van der Waals surface area contributed by atoms with Crippen LogP contribution in [-0.4, -0.2) is 36.4 Å². The molecule has 0 spiro atoms. The number of nitrogens with one attached hydrogen (secondary N) is 1. The van der Waals surface area contributed by atoms with Crippen molar-refractivity contribution in [2.45, 2.75) is 58.3 Å². The van der Waals surface area contributed by atoms with Crippen LogP contribution in [-0.2, 0) is 0 Å². The fraction of sp³-hybridized carbons (Fsp3) is 0.462. The molecule has 0 bridgehead atoms. The average molecular weight is 501 g/mol. The first kappa shape index (κ1) is 24.3. The molecular weight excluding hydrogens is 468 g/mol. The van der Waals surface area contributed by atoms with Crippen LogP contribution < -0.4 is 10.1 Å². The van der Waals surface area contributed by atoms with Crippen molar-refractivity contribution in [2.75, 3.05) is 25.0 Å². The van der Waals surface area contributed by atoms with E-state index in [1.165, 1.54) is 25.7 Å². The summed E-state index contributed by atoms with van der Waals surface area (Å²) in [6, 6.07) is 12.5. The Hall–Kier alpha value is -2.34. The number of amides is 2. The van der Waals surface area contributed by atoms with E-state index < -0.39 is 0 Å². The van der Waals surface area contributed by atoms with E-state index in [0.717, 1.165) is 49.0 Å². The molecule has 1 N–H and O–H groups in total. The van der Waals surface area contributed by atoms with E-state index in [4.69, 9.17) is 4.74 Å². The number of carbonyl (C=O) groups excluding carboxylic acids is 2. The molecule has 0 aromatic heterocycles. The zero-order valence-electron chi connectivity index (χ0n) is 18.9. The quantitative estimate of drug-likeness (QED) is 0.390. The summed E-state index contributed by atoms with van der Waals surface area (Å²) < 4.78 is 6.58. The number of hydrogen-bond acceptors (Lipinski definition) is 3. The Bertz CT molecular complexity index is 908. The fourth-order valence-electron chi connectivity index (χ4n) is 3.86. The summed E-state index contributed by atoms with van der Waals surface area (Å²) in [6.45, 7) is 4.46. The minimum Gasteiger partial charge on any atom is -0.492 e. The van der Waals surface area contributed by atoms with Crippen LogP contribution in [0.4, 0.5) is 5.69 Å². The van der Waals surface area contributed by atoms with E-state index >= 15 is 0 Å². The maximum atomic E-state index is 12.9. The number of unbranched alkanes of at least 4 members (excludes halogenated alkanes) is 3. The summed E-state index contributed by atoms with van der Waals surface area (Å²) in [5.41, 5.74) is 1.75. The van der Waals surface area contributed by atoms with Gasteiger partial charge in [-0.15, -0.1) is 0 Å². The van der Waals surface area contributed by atoms with Crippen LogP contribution in [0.5, 0.6) is 5.75 Å². The first-order valence-electron chi connectivity index (χ1n) is 11.7. The molecule has 172 valence electrons. The molecular formula is C26H33BrN2O3. The standard InChI is InChI=1S/C26H33BrN2O3/c1-2-3-4-9-17-32-24-14-13-20(19-23(24)27)25(30)28-22-12-10-11-21(18-22)26(31)29-15-7-5-6-8-16-29/h10-14,18-19H,2-9,15-17H2,1H3,(H,28,30). The number of anilines is 1. The van der Waals surface area contributed by atoms with Crippen molar-refractivity contribution in [2.24, 2.45) is 0 Å². The SMILES string of the molecule is CCCCCCOc1ccc(C(=O)Nc2cccc(C(=O)N3CCCCCC3)c2)cc1Br. The van der Waals surface area contributed by atoms with Crippen molar-refractivity contribution in [3.05, 3.63) is 58.1 Å². The molecule has 1 aliphatic heterocycles. The van der Waals surface area contributed by atoms with Gasteiger partial charge in [-0.05, 0) is 71.6 Å². The van der Waals surface area contributed by atoms with E-state index in [-0.39, 0.29) is 11.8 Å². The molecule has 3 rings (SSSR count). The number of hydrogen-bond donors (Lipinski definition) is 1. The van der Waals surface area contributed by atoms with Crippen molar-refractivity contribution < 1.29 is 14.3 Å². The molecule has 5 nitrogen and oxygen atoms in total. The Morgan fingerprint density at radius 3 is 2.47 bits per heavy atom. The van der Waals surface area contributed by atoms with Gasteiger partial charge in [0, 0.05) is 29.9 Å². The van der Waals surface area contributed by atoms with Crippen molar-refractivity contribution in [1.82, 2.24) is 4.90 Å². The van der Waals surface area contributed by atoms with Gasteiger partial charge >= 0.3 is 0 Å². The lowest BCUT2D eigenvalue weighted by molar-refractivity contribution is 0.0761. The summed E-state index contributed by atoms with van der Waals surface area (Å²) in [4.78, 5) is 27.6. The zero-order valence-corrected chi connectivity index (χ0v) is 20.5. The lowest BCUT2D eigenvalue weighted by Gasteiger charge is -2.20. The van der Waals surface area contributed by atoms with Crippen molar-refractivity contribution in [1.29, 1.82) is 0 Å². The molecule has 2 aromatic carbocycles. The minimum atomic E-state index is -0.223. The van der Waals surface area contributed by atoms with Gasteiger partial charge in [0.1, 0.15) is 5.75 Å². The van der Waals surface area contributed by atoms with E-state index in [1.54, 1.807) is 24.3 Å². The second kappa shape index (κ2) is 12.6. The predicted octanol–water partition coefficient (Wildman–Crippen LogP) is 6.68. The van der Waals surface area contributed by atoms with Gasteiger partial charge in [0.25, 0.3) is 11.8 Å². The number of nitrogens with zero attached hydrogens (tertiary/aromatic N) is 1. The fourth-order valence-corrected chi connectivity index (χ4v) is 4.35. The molecule has 0 unspecified atom stereocenters. The van der Waals surface area contributed by atoms with Crippen LogP contribution in [0.25, 0.3) is 0 Å². The number of ether oxygens (including phenoxy) is 1. The molecule has 32 heavy (non-hydrogen) atoms. The van der Waals surface area contributed by atoms with E-state index in [9.17, 15) is 9.59 Å². The Kier molecular flexibility index (Phi) is 9.60. The second-order valence-corrected chi connectivity index (χ2v) is 9.15. The van der Waals surface area contributed by atoms with Gasteiger partial charge in [-0.1, -0.05) is 45.1 Å². The Morgan fingerprint density at radius 2 is 1.75 bits per heavy atom. The highest BCUT2D eigenvalue weighted by atomic mass is 79.9. The predicted molar refractivity (Wildman–Crippen MR) is 133 cm³/mol. The van der Waals surface area contributed by atoms with E-state index in [1.807, 2.05) is 23.1 Å². The zero-order chi connectivity index (χ0) is 22.8. The van der Waals surface area contributed by atoms with Gasteiger partial charge < -0.3 is 15.0 Å². The van der Waals surface area contributed by atoms with E-state index in [0.29, 0.717) is 23.4 Å². The van der Waals surface area contributed by atoms with Gasteiger partial charge in [-0.25, -0.2) is 0 Å². The highest BCUT2D eigenvalue weighted by Gasteiger charge is 2.18. The Morgan fingerprint density at radius 1 is 0.969 bits per heavy atom. The number of rotatable bonds is 9. The minimum absolute atomic E-state index is 0.0335. The highest BCUT2D eigenvalue weighted by Crippen LogP contribution is 2.27. The summed E-state index contributed by atoms with van der Waals surface area (Å²) in [7, 11) is 0. The molecule has 1 saturated heterocycles. The summed E-state index contributed by atoms with van der Waals surface area (Å²) in [5, 5.41) is 2.91. The lowest BCUT2D eigenvalue weighted by atomic mass is 10.1. The maximum Gasteiger partial charge on any atom is 0.255 e. The number of halogens is 1. The topological polar surface area (TPSA) is 58.6 Å². The summed E-state index contributed by atoms with van der Waals surface area (Å²) >= 11 is 3.51. The molecule has 2 amide bonds. The van der Waals surface area contributed by atoms with Crippen LogP contribution in [0, 0.1) is 0 Å². The molecule has 2 aromatic rings. The number of carbonyl (C=O) groups is 2. The van der Waals surface area contributed by atoms with E-state index in [2.05, 4.69) is 28.2 Å². The largest absolute Gasteiger partial charge is 0.492 e. The molecule has 6 heteroatoms. The summed E-state index contributed by atoms with van der Waals surface area (Å²) in [5.74, 6) is 0.550. The highest BCUT2D eigenvalue weighted by molar-refractivity contribution is 9.10. The third-order valence-corrected chi connectivity index (χ3v) is 6.33. The van der Waals surface area contributed by atoms with Crippen LogP contribution in [0.1, 0.15) is 79.0 Å². The van der Waals surface area contributed by atoms with Crippen molar-refractivity contribution >= 4 is 33.4 Å². The van der Waals surface area contributed by atoms with Crippen LogP contribution in [0.15, 0.2) is 46.9 Å². The van der Waals surface area contributed by atoms with Crippen LogP contribution >= 0.6 is 15.9 Å². The molecule has 0 aliphatic carbocycles. The third-order valence-electron chi connectivity index (χ3n) is 5.71. The number of likely N-dealkylation sites (tertiary alicyclic amines) is 1. The van der Waals surface area contributed by atoms with Crippen LogP contribution in [0.2, 0.25) is 0 Å². The maximum absolute atomic E-state index is 12.9. The van der Waals surface area contributed by atoms with Gasteiger partial charge in [0.15, 0.2) is 0 Å².